The summed E-state index contributed by atoms with van der Waals surface area (Å²) >= 11 is 0. The van der Waals surface area contributed by atoms with Crippen LogP contribution >= 0.6 is 0 Å². The lowest BCUT2D eigenvalue weighted by molar-refractivity contribution is 0.386. The van der Waals surface area contributed by atoms with E-state index in [0.29, 0.717) is 0 Å². The molecule has 0 amide bonds. The van der Waals surface area contributed by atoms with Crippen LogP contribution in [0, 0.1) is 0 Å². The van der Waals surface area contributed by atoms with Crippen LogP contribution in [0.15, 0.2) is 0 Å². The van der Waals surface area contributed by atoms with Crippen LogP contribution in [0.5, 0.6) is 0 Å². The zero-order valence-corrected chi connectivity index (χ0v) is 17.2. The zero-order chi connectivity index (χ0) is 13.9. The van der Waals surface area contributed by atoms with Gasteiger partial charge in [0.25, 0.3) is 0 Å². The Balaban J connectivity index is 4.69. The fourth-order valence-corrected chi connectivity index (χ4v) is 17.4. The maximum absolute atomic E-state index is 6.46. The molecule has 0 fully saturated rings. The molecule has 0 aliphatic carbocycles. The third-order valence-electron chi connectivity index (χ3n) is 2.12. The second-order valence-corrected chi connectivity index (χ2v) is 23.0. The van der Waals surface area contributed by atoms with Crippen LogP contribution in [0.1, 0.15) is 0 Å². The van der Waals surface area contributed by atoms with Crippen molar-refractivity contribution in [3.63, 3.8) is 0 Å². The third-order valence-corrected chi connectivity index (χ3v) is 13.4. The van der Waals surface area contributed by atoms with E-state index in [4.69, 9.17) is 8.23 Å². The summed E-state index contributed by atoms with van der Waals surface area (Å²) in [5, 5.41) is 0. The van der Waals surface area contributed by atoms with E-state index in [-0.39, 0.29) is 8.80 Å². The standard InChI is InChI=1S/C11H31O2Si4/c1-14(2)10-11-17(9,12-15(3,4)5)13-16(6,7)8/h10-11H2,1-9H3. The predicted octanol–water partition coefficient (Wildman–Crippen LogP) is 4.52. The van der Waals surface area contributed by atoms with Gasteiger partial charge in [0.15, 0.2) is 16.6 Å². The van der Waals surface area contributed by atoms with E-state index in [9.17, 15) is 0 Å². The maximum atomic E-state index is 6.46. The summed E-state index contributed by atoms with van der Waals surface area (Å²) in [6.45, 7) is 20.7. The van der Waals surface area contributed by atoms with Gasteiger partial charge in [-0.1, -0.05) is 19.1 Å². The Bertz CT molecular complexity index is 215. The Kier molecular flexibility index (Phi) is 6.58. The topological polar surface area (TPSA) is 18.5 Å². The van der Waals surface area contributed by atoms with Crippen molar-refractivity contribution in [1.82, 2.24) is 0 Å². The highest BCUT2D eigenvalue weighted by Gasteiger charge is 2.39. The van der Waals surface area contributed by atoms with Gasteiger partial charge in [0.05, 0.1) is 0 Å². The van der Waals surface area contributed by atoms with E-state index in [0.717, 1.165) is 0 Å². The van der Waals surface area contributed by atoms with Crippen LogP contribution in [0.25, 0.3) is 0 Å². The van der Waals surface area contributed by atoms with Gasteiger partial charge < -0.3 is 8.23 Å². The molecule has 0 aliphatic rings. The molecule has 0 aromatic rings. The Labute approximate surface area is 113 Å². The van der Waals surface area contributed by atoms with Gasteiger partial charge in [-0.3, -0.25) is 0 Å². The Morgan fingerprint density at radius 1 is 0.765 bits per heavy atom. The van der Waals surface area contributed by atoms with Crippen molar-refractivity contribution in [1.29, 1.82) is 0 Å². The number of hydrogen-bond donors (Lipinski definition) is 0. The molecule has 0 unspecified atom stereocenters. The Hall–Kier alpha value is 0.788. The van der Waals surface area contributed by atoms with Gasteiger partial charge in [-0.2, -0.15) is 0 Å². The molecule has 0 aromatic carbocycles. The molecule has 6 heteroatoms. The molecule has 0 heterocycles. The molecule has 0 aliphatic heterocycles. The monoisotopic (exact) mass is 307 g/mol. The van der Waals surface area contributed by atoms with Gasteiger partial charge in [-0.15, -0.1) is 0 Å². The lowest BCUT2D eigenvalue weighted by atomic mass is 10.9. The molecule has 0 N–H and O–H groups in total. The van der Waals surface area contributed by atoms with Gasteiger partial charge in [-0.25, -0.2) is 0 Å². The van der Waals surface area contributed by atoms with Gasteiger partial charge >= 0.3 is 8.56 Å². The summed E-state index contributed by atoms with van der Waals surface area (Å²) < 4.78 is 12.9. The Morgan fingerprint density at radius 3 is 1.35 bits per heavy atom. The van der Waals surface area contributed by atoms with Gasteiger partial charge in [-0.05, 0) is 51.9 Å². The first-order valence-corrected chi connectivity index (χ1v) is 18.6. The minimum Gasteiger partial charge on any atom is -0.437 e. The molecule has 1 radical (unpaired) electrons. The van der Waals surface area contributed by atoms with Crippen LogP contribution in [-0.2, 0) is 8.23 Å². The molecule has 0 saturated carbocycles. The van der Waals surface area contributed by atoms with Crippen molar-refractivity contribution in [2.45, 2.75) is 71.0 Å². The molecule has 0 bridgehead atoms. The van der Waals surface area contributed by atoms with Crippen LogP contribution in [0.4, 0.5) is 0 Å². The molecule has 0 aromatic heterocycles. The molecule has 0 spiro atoms. The van der Waals surface area contributed by atoms with Crippen molar-refractivity contribution >= 4 is 34.0 Å². The van der Waals surface area contributed by atoms with E-state index >= 15 is 0 Å². The third kappa shape index (κ3) is 10.4. The van der Waals surface area contributed by atoms with Gasteiger partial charge in [0.1, 0.15) is 0 Å². The summed E-state index contributed by atoms with van der Waals surface area (Å²) in [6, 6.07) is 2.51. The summed E-state index contributed by atoms with van der Waals surface area (Å²) in [4.78, 5) is 0. The molecular formula is C11H31O2Si4. The van der Waals surface area contributed by atoms with Crippen LogP contribution in [0.3, 0.4) is 0 Å². The first kappa shape index (κ1) is 17.8. The van der Waals surface area contributed by atoms with Crippen molar-refractivity contribution in [3.05, 3.63) is 0 Å². The average Bonchev–Trinajstić information content (AvgIpc) is 1.93. The lowest BCUT2D eigenvalue weighted by Crippen LogP contribution is -2.52. The smallest absolute Gasteiger partial charge is 0.314 e. The van der Waals surface area contributed by atoms with Crippen molar-refractivity contribution < 1.29 is 8.23 Å². The summed E-state index contributed by atoms with van der Waals surface area (Å²) in [5.74, 6) is 0. The highest BCUT2D eigenvalue weighted by atomic mass is 28.5. The van der Waals surface area contributed by atoms with E-state index in [1.54, 1.807) is 0 Å². The van der Waals surface area contributed by atoms with Crippen molar-refractivity contribution in [3.8, 4) is 0 Å². The van der Waals surface area contributed by atoms with Crippen LogP contribution < -0.4 is 0 Å². The fourth-order valence-electron chi connectivity index (χ4n) is 1.90. The number of rotatable bonds is 7. The Morgan fingerprint density at radius 2 is 1.12 bits per heavy atom. The van der Waals surface area contributed by atoms with Crippen LogP contribution in [-0.4, -0.2) is 34.0 Å². The second kappa shape index (κ2) is 6.29. The van der Waals surface area contributed by atoms with E-state index < -0.39 is 25.2 Å². The van der Waals surface area contributed by atoms with E-state index in [1.165, 1.54) is 12.1 Å². The minimum absolute atomic E-state index is 0.171. The molecule has 103 valence electrons. The molecule has 0 rings (SSSR count). The summed E-state index contributed by atoms with van der Waals surface area (Å²) in [6.07, 6.45) is 0. The lowest BCUT2D eigenvalue weighted by Gasteiger charge is -2.38. The van der Waals surface area contributed by atoms with E-state index in [1.807, 2.05) is 0 Å². The van der Waals surface area contributed by atoms with E-state index in [2.05, 4.69) is 58.9 Å². The quantitative estimate of drug-likeness (QED) is 0.644. The summed E-state index contributed by atoms with van der Waals surface area (Å²) in [5.41, 5.74) is 0. The normalized spacial score (nSPS) is 14.5. The molecule has 17 heavy (non-hydrogen) atoms. The molecular weight excluding hydrogens is 276 g/mol. The predicted molar refractivity (Wildman–Crippen MR) is 87.6 cm³/mol. The molecule has 0 saturated heterocycles. The van der Waals surface area contributed by atoms with Crippen molar-refractivity contribution in [2.75, 3.05) is 0 Å². The van der Waals surface area contributed by atoms with Crippen LogP contribution in [0.2, 0.25) is 71.0 Å². The SMILES string of the molecule is C[Si](C)CC[Si](C)(O[Si](C)(C)C)O[Si](C)(C)C. The largest absolute Gasteiger partial charge is 0.437 e. The fraction of sp³-hybridized carbons (Fsp3) is 1.00. The first-order chi connectivity index (χ1) is 7.33. The average molecular weight is 308 g/mol. The zero-order valence-electron chi connectivity index (χ0n) is 13.2. The number of hydrogen-bond acceptors (Lipinski definition) is 2. The van der Waals surface area contributed by atoms with Gasteiger partial charge in [0, 0.05) is 8.80 Å². The minimum atomic E-state index is -1.93. The highest BCUT2D eigenvalue weighted by Crippen LogP contribution is 2.26. The van der Waals surface area contributed by atoms with Gasteiger partial charge in [0.2, 0.25) is 0 Å². The maximum Gasteiger partial charge on any atom is 0.314 e. The summed E-state index contributed by atoms with van der Waals surface area (Å²) in [7, 11) is -5.09. The first-order valence-electron chi connectivity index (χ1n) is 6.52. The molecule has 2 nitrogen and oxygen atoms in total. The van der Waals surface area contributed by atoms with Crippen molar-refractivity contribution in [2.24, 2.45) is 0 Å². The highest BCUT2D eigenvalue weighted by molar-refractivity contribution is 6.88. The second-order valence-electron chi connectivity index (χ2n) is 7.27. The molecule has 0 atom stereocenters.